The highest BCUT2D eigenvalue weighted by Crippen LogP contribution is 2.26. The van der Waals surface area contributed by atoms with E-state index in [4.69, 9.17) is 11.6 Å². The predicted molar refractivity (Wildman–Crippen MR) is 133 cm³/mol. The first-order valence-electron chi connectivity index (χ1n) is 11.0. The normalized spacial score (nSPS) is 11.3. The van der Waals surface area contributed by atoms with Crippen molar-refractivity contribution in [3.05, 3.63) is 70.6 Å². The molecule has 2 aromatic carbocycles. The maximum Gasteiger partial charge on any atom is 0.322 e. The van der Waals surface area contributed by atoms with Crippen LogP contribution in [0.5, 0.6) is 0 Å². The van der Waals surface area contributed by atoms with E-state index in [2.05, 4.69) is 15.7 Å². The minimum atomic E-state index is -0.417. The minimum absolute atomic E-state index is 0.165. The molecule has 0 atom stereocenters. The molecule has 0 unspecified atom stereocenters. The number of halogens is 2. The monoisotopic (exact) mass is 485 g/mol. The van der Waals surface area contributed by atoms with Crippen LogP contribution in [0.4, 0.5) is 20.7 Å². The SMILES string of the molecule is CCN(CC(=O)Nc1cc(C(C)(C)C)nn1-c1ccc(F)cc1)C(=O)Nc1ccc(C)c(Cl)c1. The molecule has 0 radical (unpaired) electrons. The number of carbonyl (C=O) groups is 2. The summed E-state index contributed by atoms with van der Waals surface area (Å²) in [5.74, 6) is -0.317. The highest BCUT2D eigenvalue weighted by molar-refractivity contribution is 6.31. The van der Waals surface area contributed by atoms with Gasteiger partial charge in [-0.05, 0) is 55.8 Å². The van der Waals surface area contributed by atoms with Gasteiger partial charge in [-0.2, -0.15) is 5.10 Å². The highest BCUT2D eigenvalue weighted by atomic mass is 35.5. The number of benzene rings is 2. The number of nitrogens with one attached hydrogen (secondary N) is 2. The van der Waals surface area contributed by atoms with Crippen LogP contribution in [-0.4, -0.2) is 39.7 Å². The van der Waals surface area contributed by atoms with Gasteiger partial charge >= 0.3 is 6.03 Å². The van der Waals surface area contributed by atoms with E-state index in [9.17, 15) is 14.0 Å². The Bertz CT molecular complexity index is 1190. The predicted octanol–water partition coefficient (Wildman–Crippen LogP) is 5.76. The number of likely N-dealkylation sites (N-methyl/N-ethyl adjacent to an activating group) is 1. The number of anilines is 2. The Kier molecular flexibility index (Phi) is 7.61. The molecular weight excluding hydrogens is 457 g/mol. The molecular formula is C25H29ClFN5O2. The Morgan fingerprint density at radius 2 is 1.76 bits per heavy atom. The molecule has 7 nitrogen and oxygen atoms in total. The number of hydrogen-bond donors (Lipinski definition) is 2. The zero-order valence-corrected chi connectivity index (χ0v) is 20.7. The third kappa shape index (κ3) is 6.14. The molecule has 0 aliphatic heterocycles. The topological polar surface area (TPSA) is 79.3 Å². The first-order valence-corrected chi connectivity index (χ1v) is 11.3. The van der Waals surface area contributed by atoms with Crippen molar-refractivity contribution in [2.24, 2.45) is 0 Å². The molecule has 1 heterocycles. The molecule has 0 bridgehead atoms. The van der Waals surface area contributed by atoms with Crippen LogP contribution in [0.1, 0.15) is 39.0 Å². The molecule has 0 fully saturated rings. The zero-order valence-electron chi connectivity index (χ0n) is 19.9. The van der Waals surface area contributed by atoms with Gasteiger partial charge in [0.15, 0.2) is 0 Å². The van der Waals surface area contributed by atoms with Crippen molar-refractivity contribution in [3.8, 4) is 5.69 Å². The third-order valence-corrected chi connectivity index (χ3v) is 5.65. The summed E-state index contributed by atoms with van der Waals surface area (Å²) in [5, 5.41) is 10.8. The summed E-state index contributed by atoms with van der Waals surface area (Å²) < 4.78 is 15.0. The van der Waals surface area contributed by atoms with E-state index in [1.54, 1.807) is 41.9 Å². The number of aromatic nitrogens is 2. The van der Waals surface area contributed by atoms with Crippen LogP contribution in [0.2, 0.25) is 5.02 Å². The van der Waals surface area contributed by atoms with Crippen molar-refractivity contribution in [3.63, 3.8) is 0 Å². The lowest BCUT2D eigenvalue weighted by Crippen LogP contribution is -2.40. The standard InChI is InChI=1S/C25H29ClFN5O2/c1-6-31(24(34)28-18-10-7-16(2)20(26)13-18)15-23(33)29-22-14-21(25(3,4)5)30-32(22)19-11-8-17(27)9-12-19/h7-14H,6,15H2,1-5H3,(H,28,34)(H,29,33). The van der Waals surface area contributed by atoms with Gasteiger partial charge in [-0.15, -0.1) is 0 Å². The number of rotatable bonds is 6. The molecule has 3 aromatic rings. The molecule has 9 heteroatoms. The van der Waals surface area contributed by atoms with Gasteiger partial charge in [-0.1, -0.05) is 38.4 Å². The maximum atomic E-state index is 13.4. The zero-order chi connectivity index (χ0) is 25.0. The lowest BCUT2D eigenvalue weighted by atomic mass is 9.92. The van der Waals surface area contributed by atoms with Crippen molar-refractivity contribution in [1.29, 1.82) is 0 Å². The summed E-state index contributed by atoms with van der Waals surface area (Å²) >= 11 is 6.14. The van der Waals surface area contributed by atoms with Gasteiger partial charge in [0, 0.05) is 28.7 Å². The number of nitrogens with zero attached hydrogens (tertiary/aromatic N) is 3. The second-order valence-corrected chi connectivity index (χ2v) is 9.42. The van der Waals surface area contributed by atoms with Gasteiger partial charge in [-0.3, -0.25) is 4.79 Å². The Morgan fingerprint density at radius 3 is 2.35 bits per heavy atom. The van der Waals surface area contributed by atoms with Gasteiger partial charge in [0.1, 0.15) is 18.2 Å². The van der Waals surface area contributed by atoms with E-state index in [-0.39, 0.29) is 23.7 Å². The van der Waals surface area contributed by atoms with Gasteiger partial charge in [0.25, 0.3) is 0 Å². The molecule has 34 heavy (non-hydrogen) atoms. The molecule has 1 aromatic heterocycles. The van der Waals surface area contributed by atoms with Crippen molar-refractivity contribution >= 4 is 35.0 Å². The molecule has 180 valence electrons. The number of hydrogen-bond acceptors (Lipinski definition) is 3. The number of aryl methyl sites for hydroxylation is 1. The third-order valence-electron chi connectivity index (χ3n) is 5.24. The van der Waals surface area contributed by atoms with Crippen LogP contribution in [-0.2, 0) is 10.2 Å². The van der Waals surface area contributed by atoms with Gasteiger partial charge < -0.3 is 15.5 Å². The van der Waals surface area contributed by atoms with Crippen molar-refractivity contribution in [2.45, 2.75) is 40.0 Å². The first-order chi connectivity index (χ1) is 16.0. The average Bonchev–Trinajstić information content (AvgIpc) is 3.19. The quantitative estimate of drug-likeness (QED) is 0.465. The molecule has 0 spiro atoms. The molecule has 3 amide bonds. The van der Waals surface area contributed by atoms with E-state index in [0.29, 0.717) is 28.8 Å². The summed E-state index contributed by atoms with van der Waals surface area (Å²) in [6.45, 7) is 9.85. The van der Waals surface area contributed by atoms with Crippen LogP contribution >= 0.6 is 11.6 Å². The second-order valence-electron chi connectivity index (χ2n) is 9.01. The highest BCUT2D eigenvalue weighted by Gasteiger charge is 2.23. The Morgan fingerprint density at radius 1 is 1.09 bits per heavy atom. The van der Waals surface area contributed by atoms with Crippen LogP contribution in [0, 0.1) is 12.7 Å². The van der Waals surface area contributed by atoms with Crippen molar-refractivity contribution < 1.29 is 14.0 Å². The fourth-order valence-corrected chi connectivity index (χ4v) is 3.35. The Balaban J connectivity index is 1.76. The largest absolute Gasteiger partial charge is 0.322 e. The van der Waals surface area contributed by atoms with E-state index in [0.717, 1.165) is 11.3 Å². The number of amides is 3. The minimum Gasteiger partial charge on any atom is -0.315 e. The average molecular weight is 486 g/mol. The summed E-state index contributed by atoms with van der Waals surface area (Å²) in [6.07, 6.45) is 0. The molecule has 0 saturated heterocycles. The summed E-state index contributed by atoms with van der Waals surface area (Å²) in [4.78, 5) is 27.0. The van der Waals surface area contributed by atoms with Crippen LogP contribution in [0.3, 0.4) is 0 Å². The van der Waals surface area contributed by atoms with Crippen LogP contribution < -0.4 is 10.6 Å². The van der Waals surface area contributed by atoms with Crippen LogP contribution in [0.25, 0.3) is 5.69 Å². The van der Waals surface area contributed by atoms with Gasteiger partial charge in [0.2, 0.25) is 5.91 Å². The lowest BCUT2D eigenvalue weighted by Gasteiger charge is -2.21. The van der Waals surface area contributed by atoms with Gasteiger partial charge in [-0.25, -0.2) is 13.9 Å². The Labute approximate surface area is 203 Å². The molecule has 0 saturated carbocycles. The van der Waals surface area contributed by atoms with E-state index in [1.807, 2.05) is 33.8 Å². The molecule has 2 N–H and O–H groups in total. The molecule has 0 aliphatic rings. The summed E-state index contributed by atoms with van der Waals surface area (Å²) in [6, 6.07) is 12.4. The number of carbonyl (C=O) groups excluding carboxylic acids is 2. The Hall–Kier alpha value is -3.39. The number of urea groups is 1. The maximum absolute atomic E-state index is 13.4. The van der Waals surface area contributed by atoms with E-state index < -0.39 is 6.03 Å². The lowest BCUT2D eigenvalue weighted by molar-refractivity contribution is -0.116. The second kappa shape index (κ2) is 10.3. The van der Waals surface area contributed by atoms with Crippen LogP contribution in [0.15, 0.2) is 48.5 Å². The fraction of sp³-hybridized carbons (Fsp3) is 0.320. The smallest absolute Gasteiger partial charge is 0.315 e. The van der Waals surface area contributed by atoms with Crippen molar-refractivity contribution in [2.75, 3.05) is 23.7 Å². The summed E-state index contributed by atoms with van der Waals surface area (Å²) in [7, 11) is 0. The molecule has 0 aliphatic carbocycles. The summed E-state index contributed by atoms with van der Waals surface area (Å²) in [5.41, 5.74) is 2.54. The molecule has 3 rings (SSSR count). The first kappa shape index (κ1) is 25.2. The van der Waals surface area contributed by atoms with E-state index in [1.165, 1.54) is 17.0 Å². The van der Waals surface area contributed by atoms with Crippen molar-refractivity contribution in [1.82, 2.24) is 14.7 Å². The van der Waals surface area contributed by atoms with E-state index >= 15 is 0 Å². The fourth-order valence-electron chi connectivity index (χ4n) is 3.17. The van der Waals surface area contributed by atoms with Gasteiger partial charge in [0.05, 0.1) is 11.4 Å².